The number of nitro groups is 1. The average molecular weight is 642 g/mol. The maximum Gasteiger partial charge on any atom is 0.282 e. The number of para-hydroxylation sites is 2. The summed E-state index contributed by atoms with van der Waals surface area (Å²) >= 11 is 2.15. The number of fused-ring (bicyclic) bond motifs is 2. The summed E-state index contributed by atoms with van der Waals surface area (Å²) in [6.45, 7) is 0.185. The van der Waals surface area contributed by atoms with Gasteiger partial charge in [-0.05, 0) is 76.2 Å². The lowest BCUT2D eigenvalue weighted by atomic mass is 10.2. The lowest BCUT2D eigenvalue weighted by Gasteiger charge is -2.09. The van der Waals surface area contributed by atoms with Gasteiger partial charge in [-0.1, -0.05) is 42.5 Å². The van der Waals surface area contributed by atoms with Crippen molar-refractivity contribution in [3.05, 3.63) is 132 Å². The van der Waals surface area contributed by atoms with Crippen LogP contribution in [0.25, 0.3) is 33.5 Å². The zero-order chi connectivity index (χ0) is 27.6. The number of ether oxygens (including phenoxy) is 1. The summed E-state index contributed by atoms with van der Waals surface area (Å²) < 4.78 is 14.0. The Morgan fingerprint density at radius 2 is 1.82 bits per heavy atom. The van der Waals surface area contributed by atoms with Crippen molar-refractivity contribution in [2.75, 3.05) is 0 Å². The molecular weight excluding hydrogens is 623 g/mol. The molecule has 9 nitrogen and oxygen atoms in total. The largest absolute Gasteiger partial charge is 0.488 e. The molecule has 2 heterocycles. The van der Waals surface area contributed by atoms with Gasteiger partial charge in [0, 0.05) is 17.5 Å². The van der Waals surface area contributed by atoms with Crippen LogP contribution < -0.4 is 10.3 Å². The van der Waals surface area contributed by atoms with Gasteiger partial charge in [0.25, 0.3) is 11.2 Å². The van der Waals surface area contributed by atoms with Crippen LogP contribution in [0.5, 0.6) is 5.75 Å². The van der Waals surface area contributed by atoms with Crippen molar-refractivity contribution in [1.82, 2.24) is 9.66 Å². The molecule has 0 N–H and O–H groups in total. The minimum atomic E-state index is -0.433. The van der Waals surface area contributed by atoms with E-state index in [9.17, 15) is 14.9 Å². The quantitative estimate of drug-likeness (QED) is 0.0821. The van der Waals surface area contributed by atoms with Crippen molar-refractivity contribution in [2.24, 2.45) is 5.10 Å². The molecule has 0 fully saturated rings. The first-order chi connectivity index (χ1) is 19.5. The number of hydrogen-bond donors (Lipinski definition) is 0. The highest BCUT2D eigenvalue weighted by molar-refractivity contribution is 14.1. The molecule has 0 bridgehead atoms. The van der Waals surface area contributed by atoms with Crippen molar-refractivity contribution in [1.29, 1.82) is 0 Å². The Balaban J connectivity index is 1.32. The zero-order valence-electron chi connectivity index (χ0n) is 20.7. The molecule has 0 aliphatic carbocycles. The van der Waals surface area contributed by atoms with Crippen LogP contribution in [-0.4, -0.2) is 20.8 Å². The minimum absolute atomic E-state index is 0.0165. The molecular formula is C30H19IN4O5. The fourth-order valence-electron chi connectivity index (χ4n) is 4.24. The van der Waals surface area contributed by atoms with E-state index in [-0.39, 0.29) is 17.9 Å². The Labute approximate surface area is 240 Å². The Bertz CT molecular complexity index is 1960. The molecule has 40 heavy (non-hydrogen) atoms. The molecule has 6 rings (SSSR count). The average Bonchev–Trinajstić information content (AvgIpc) is 3.40. The van der Waals surface area contributed by atoms with Crippen molar-refractivity contribution < 1.29 is 14.1 Å². The van der Waals surface area contributed by atoms with Crippen LogP contribution in [0, 0.1) is 13.7 Å². The van der Waals surface area contributed by atoms with Gasteiger partial charge in [0.15, 0.2) is 5.76 Å². The summed E-state index contributed by atoms with van der Waals surface area (Å²) in [6.07, 6.45) is 1.58. The van der Waals surface area contributed by atoms with Crippen LogP contribution in [0.2, 0.25) is 0 Å². The molecule has 0 saturated heterocycles. The number of aromatic nitrogens is 2. The monoisotopic (exact) mass is 642 g/mol. The second-order valence-electron chi connectivity index (χ2n) is 8.87. The first kappa shape index (κ1) is 25.4. The highest BCUT2D eigenvalue weighted by atomic mass is 127. The Hall–Kier alpha value is -4.84. The molecule has 2 aromatic heterocycles. The summed E-state index contributed by atoms with van der Waals surface area (Å²) in [5.41, 5.74) is 2.37. The van der Waals surface area contributed by atoms with Gasteiger partial charge in [-0.2, -0.15) is 9.78 Å². The summed E-state index contributed by atoms with van der Waals surface area (Å²) in [5.74, 6) is 1.35. The third-order valence-electron chi connectivity index (χ3n) is 6.19. The van der Waals surface area contributed by atoms with Gasteiger partial charge in [-0.3, -0.25) is 14.9 Å². The number of hydrogen-bond acceptors (Lipinski definition) is 7. The van der Waals surface area contributed by atoms with Crippen LogP contribution in [0.4, 0.5) is 5.69 Å². The van der Waals surface area contributed by atoms with Gasteiger partial charge < -0.3 is 9.15 Å². The number of nitrogens with zero attached hydrogens (tertiary/aromatic N) is 4. The van der Waals surface area contributed by atoms with Crippen molar-refractivity contribution in [3.63, 3.8) is 0 Å². The number of non-ortho nitro benzene ring substituents is 1. The smallest absolute Gasteiger partial charge is 0.282 e. The van der Waals surface area contributed by atoms with Crippen LogP contribution >= 0.6 is 22.6 Å². The minimum Gasteiger partial charge on any atom is -0.488 e. The summed E-state index contributed by atoms with van der Waals surface area (Å²) in [7, 11) is 0. The number of nitro benzene ring substituents is 1. The van der Waals surface area contributed by atoms with Gasteiger partial charge in [0.1, 0.15) is 17.9 Å². The van der Waals surface area contributed by atoms with Crippen LogP contribution in [0.15, 0.2) is 111 Å². The zero-order valence-corrected chi connectivity index (χ0v) is 22.9. The molecule has 0 aliphatic heterocycles. The third kappa shape index (κ3) is 5.08. The van der Waals surface area contributed by atoms with Crippen molar-refractivity contribution in [2.45, 2.75) is 6.61 Å². The Kier molecular flexibility index (Phi) is 6.83. The fraction of sp³-hybridized carbons (Fsp3) is 0.0333. The number of rotatable bonds is 7. The Morgan fingerprint density at radius 3 is 2.65 bits per heavy atom. The standard InChI is InChI=1S/C30H19IN4O5/c31-24-15-19(12-13-27(24)39-18-20-6-5-8-22(14-20)35(37)38)17-32-34-29(28-16-21-7-1-4-11-26(21)40-28)33-25-10-3-2-9-23(25)30(34)36/h1-17H,18H2. The molecule has 0 unspecified atom stereocenters. The summed E-state index contributed by atoms with van der Waals surface area (Å²) in [4.78, 5) is 28.8. The SMILES string of the molecule is O=c1c2ccccc2nc(-c2cc3ccccc3o2)n1N=Cc1ccc(OCc2cccc([N+](=O)[O-])c2)c(I)c1. The Morgan fingerprint density at radius 1 is 1.00 bits per heavy atom. The van der Waals surface area contributed by atoms with E-state index in [1.165, 1.54) is 16.8 Å². The van der Waals surface area contributed by atoms with E-state index in [4.69, 9.17) is 14.1 Å². The van der Waals surface area contributed by atoms with E-state index in [2.05, 4.69) is 27.7 Å². The molecule has 0 spiro atoms. The number of benzene rings is 4. The molecule has 0 amide bonds. The normalized spacial score (nSPS) is 11.4. The predicted molar refractivity (Wildman–Crippen MR) is 161 cm³/mol. The van der Waals surface area contributed by atoms with E-state index in [1.807, 2.05) is 48.5 Å². The van der Waals surface area contributed by atoms with E-state index >= 15 is 0 Å². The lowest BCUT2D eigenvalue weighted by Crippen LogP contribution is -2.20. The van der Waals surface area contributed by atoms with Gasteiger partial charge in [0.2, 0.25) is 5.82 Å². The first-order valence-electron chi connectivity index (χ1n) is 12.2. The molecule has 6 aromatic rings. The maximum absolute atomic E-state index is 13.5. The lowest BCUT2D eigenvalue weighted by molar-refractivity contribution is -0.384. The van der Waals surface area contributed by atoms with Gasteiger partial charge >= 0.3 is 0 Å². The molecule has 0 atom stereocenters. The number of halogens is 1. The van der Waals surface area contributed by atoms with Gasteiger partial charge in [-0.15, -0.1) is 0 Å². The highest BCUT2D eigenvalue weighted by Gasteiger charge is 2.16. The predicted octanol–water partition coefficient (Wildman–Crippen LogP) is 6.78. The van der Waals surface area contributed by atoms with E-state index in [1.54, 1.807) is 42.6 Å². The molecule has 0 aliphatic rings. The molecule has 4 aromatic carbocycles. The molecule has 0 saturated carbocycles. The second kappa shape index (κ2) is 10.7. The molecule has 196 valence electrons. The van der Waals surface area contributed by atoms with Gasteiger partial charge in [-0.25, -0.2) is 4.98 Å². The van der Waals surface area contributed by atoms with E-state index in [0.717, 1.165) is 14.5 Å². The van der Waals surface area contributed by atoms with Crippen molar-refractivity contribution in [3.8, 4) is 17.3 Å². The molecule has 10 heteroatoms. The topological polar surface area (TPSA) is 113 Å². The first-order valence-corrected chi connectivity index (χ1v) is 13.2. The fourth-order valence-corrected chi connectivity index (χ4v) is 4.94. The third-order valence-corrected chi connectivity index (χ3v) is 7.04. The van der Waals surface area contributed by atoms with Crippen LogP contribution in [0.1, 0.15) is 11.1 Å². The van der Waals surface area contributed by atoms with E-state index in [0.29, 0.717) is 39.4 Å². The van der Waals surface area contributed by atoms with E-state index < -0.39 is 4.92 Å². The molecule has 0 radical (unpaired) electrons. The van der Waals surface area contributed by atoms with Crippen molar-refractivity contribution >= 4 is 56.4 Å². The summed E-state index contributed by atoms with van der Waals surface area (Å²) in [5, 5.41) is 16.9. The summed E-state index contributed by atoms with van der Waals surface area (Å²) in [6, 6.07) is 28.4. The van der Waals surface area contributed by atoms with Crippen LogP contribution in [-0.2, 0) is 6.61 Å². The van der Waals surface area contributed by atoms with Gasteiger partial charge in [0.05, 0.1) is 25.6 Å². The number of furan rings is 1. The van der Waals surface area contributed by atoms with Crippen LogP contribution in [0.3, 0.4) is 0 Å². The maximum atomic E-state index is 13.5. The second-order valence-corrected chi connectivity index (χ2v) is 10.0. The highest BCUT2D eigenvalue weighted by Crippen LogP contribution is 2.27.